The Bertz CT molecular complexity index is 351. The van der Waals surface area contributed by atoms with Crippen molar-refractivity contribution in [1.82, 2.24) is 15.3 Å². The number of aromatic nitrogens is 2. The first kappa shape index (κ1) is 13.6. The normalized spacial score (nSPS) is 11.3. The molecule has 0 aliphatic carbocycles. The smallest absolute Gasteiger partial charge is 0.147 e. The Morgan fingerprint density at radius 2 is 2.06 bits per heavy atom. The molecule has 0 radical (unpaired) electrons. The first-order valence-electron chi connectivity index (χ1n) is 5.80. The molecule has 4 heteroatoms. The van der Waals surface area contributed by atoms with Crippen molar-refractivity contribution in [1.29, 1.82) is 0 Å². The molecule has 0 aromatic carbocycles. The fourth-order valence-corrected chi connectivity index (χ4v) is 1.28. The minimum atomic E-state index is 0.0972. The molecule has 0 amide bonds. The van der Waals surface area contributed by atoms with E-state index in [1.54, 1.807) is 6.20 Å². The molecule has 1 aromatic heterocycles. The van der Waals surface area contributed by atoms with Crippen molar-refractivity contribution >= 4 is 5.82 Å². The van der Waals surface area contributed by atoms with Crippen molar-refractivity contribution in [3.63, 3.8) is 0 Å². The molecule has 0 aliphatic rings. The van der Waals surface area contributed by atoms with Crippen LogP contribution < -0.4 is 10.2 Å². The summed E-state index contributed by atoms with van der Waals surface area (Å²) < 4.78 is 0. The second kappa shape index (κ2) is 5.77. The van der Waals surface area contributed by atoms with Crippen LogP contribution >= 0.6 is 0 Å². The van der Waals surface area contributed by atoms with E-state index in [1.807, 2.05) is 24.2 Å². The average molecular weight is 234 g/mol. The van der Waals surface area contributed by atoms with Gasteiger partial charge in [0.05, 0.1) is 18.1 Å². The molecular formula is C13H22N4. The zero-order chi connectivity index (χ0) is 12.9. The summed E-state index contributed by atoms with van der Waals surface area (Å²) >= 11 is 0. The number of likely N-dealkylation sites (N-methyl/N-ethyl adjacent to an activating group) is 1. The van der Waals surface area contributed by atoms with Crippen LogP contribution in [0, 0.1) is 0 Å². The Morgan fingerprint density at radius 3 is 2.53 bits per heavy atom. The summed E-state index contributed by atoms with van der Waals surface area (Å²) in [6, 6.07) is 0. The van der Waals surface area contributed by atoms with Crippen LogP contribution in [0.1, 0.15) is 26.5 Å². The standard InChI is InChI=1S/C13H22N4/c1-6-7-17(5)12-10-14-11(8-15-12)9-16-13(2,3)4/h6,8,10,16H,1,7,9H2,2-5H3. The van der Waals surface area contributed by atoms with Crippen molar-refractivity contribution in [2.75, 3.05) is 18.5 Å². The van der Waals surface area contributed by atoms with E-state index in [-0.39, 0.29) is 5.54 Å². The molecule has 4 nitrogen and oxygen atoms in total. The van der Waals surface area contributed by atoms with Crippen molar-refractivity contribution in [2.24, 2.45) is 0 Å². The molecule has 0 spiro atoms. The second-order valence-electron chi connectivity index (χ2n) is 5.14. The van der Waals surface area contributed by atoms with Gasteiger partial charge in [-0.25, -0.2) is 4.98 Å². The van der Waals surface area contributed by atoms with E-state index >= 15 is 0 Å². The molecule has 0 aliphatic heterocycles. The first-order valence-corrected chi connectivity index (χ1v) is 5.80. The number of nitrogens with zero attached hydrogens (tertiary/aromatic N) is 3. The van der Waals surface area contributed by atoms with Crippen LogP contribution in [0.5, 0.6) is 0 Å². The van der Waals surface area contributed by atoms with Gasteiger partial charge in [0.25, 0.3) is 0 Å². The van der Waals surface area contributed by atoms with Gasteiger partial charge in [-0.05, 0) is 20.8 Å². The summed E-state index contributed by atoms with van der Waals surface area (Å²) in [5.74, 6) is 0.865. The van der Waals surface area contributed by atoms with E-state index in [4.69, 9.17) is 0 Å². The van der Waals surface area contributed by atoms with E-state index in [1.165, 1.54) is 0 Å². The van der Waals surface area contributed by atoms with Crippen LogP contribution in [0.25, 0.3) is 0 Å². The number of rotatable bonds is 5. The molecule has 94 valence electrons. The van der Waals surface area contributed by atoms with Gasteiger partial charge in [-0.15, -0.1) is 6.58 Å². The Hall–Kier alpha value is -1.42. The zero-order valence-electron chi connectivity index (χ0n) is 11.2. The van der Waals surface area contributed by atoms with Crippen molar-refractivity contribution in [3.8, 4) is 0 Å². The van der Waals surface area contributed by atoms with Gasteiger partial charge in [-0.1, -0.05) is 6.08 Å². The van der Waals surface area contributed by atoms with E-state index < -0.39 is 0 Å². The summed E-state index contributed by atoms with van der Waals surface area (Å²) in [5.41, 5.74) is 1.05. The van der Waals surface area contributed by atoms with Gasteiger partial charge in [0.15, 0.2) is 0 Å². The molecular weight excluding hydrogens is 212 g/mol. The average Bonchev–Trinajstić information content (AvgIpc) is 2.26. The zero-order valence-corrected chi connectivity index (χ0v) is 11.2. The highest BCUT2D eigenvalue weighted by molar-refractivity contribution is 5.35. The third-order valence-corrected chi connectivity index (χ3v) is 2.29. The number of anilines is 1. The Balaban J connectivity index is 2.59. The molecule has 1 aromatic rings. The van der Waals surface area contributed by atoms with Crippen molar-refractivity contribution in [3.05, 3.63) is 30.7 Å². The van der Waals surface area contributed by atoms with E-state index in [0.29, 0.717) is 0 Å². The van der Waals surface area contributed by atoms with Crippen LogP contribution in [0.4, 0.5) is 5.82 Å². The van der Waals surface area contributed by atoms with Gasteiger partial charge in [0.2, 0.25) is 0 Å². The fourth-order valence-electron chi connectivity index (χ4n) is 1.28. The maximum absolute atomic E-state index is 4.38. The van der Waals surface area contributed by atoms with Crippen molar-refractivity contribution in [2.45, 2.75) is 32.9 Å². The topological polar surface area (TPSA) is 41.1 Å². The fraction of sp³-hybridized carbons (Fsp3) is 0.538. The summed E-state index contributed by atoms with van der Waals surface area (Å²) in [4.78, 5) is 10.8. The predicted octanol–water partition coefficient (Wildman–Crippen LogP) is 1.99. The summed E-state index contributed by atoms with van der Waals surface area (Å²) in [6.07, 6.45) is 5.45. The van der Waals surface area contributed by atoms with Gasteiger partial charge in [-0.2, -0.15) is 0 Å². The lowest BCUT2D eigenvalue weighted by Crippen LogP contribution is -2.35. The van der Waals surface area contributed by atoms with Gasteiger partial charge in [0.1, 0.15) is 5.82 Å². The molecule has 0 saturated carbocycles. The molecule has 0 atom stereocenters. The molecule has 0 bridgehead atoms. The largest absolute Gasteiger partial charge is 0.355 e. The molecule has 1 N–H and O–H groups in total. The van der Waals surface area contributed by atoms with Crippen LogP contribution in [0.3, 0.4) is 0 Å². The monoisotopic (exact) mass is 234 g/mol. The lowest BCUT2D eigenvalue weighted by atomic mass is 10.1. The van der Waals surface area contributed by atoms with E-state index in [2.05, 4.69) is 42.6 Å². The minimum Gasteiger partial charge on any atom is -0.355 e. The predicted molar refractivity (Wildman–Crippen MR) is 72.1 cm³/mol. The SMILES string of the molecule is C=CCN(C)c1cnc(CNC(C)(C)C)cn1. The molecule has 17 heavy (non-hydrogen) atoms. The van der Waals surface area contributed by atoms with Gasteiger partial charge >= 0.3 is 0 Å². The number of hydrogen-bond donors (Lipinski definition) is 1. The summed E-state index contributed by atoms with van der Waals surface area (Å²) in [6.45, 7) is 11.6. The third-order valence-electron chi connectivity index (χ3n) is 2.29. The lowest BCUT2D eigenvalue weighted by molar-refractivity contribution is 0.421. The number of hydrogen-bond acceptors (Lipinski definition) is 4. The second-order valence-corrected chi connectivity index (χ2v) is 5.14. The van der Waals surface area contributed by atoms with Crippen LogP contribution in [-0.4, -0.2) is 29.1 Å². The molecule has 0 fully saturated rings. The number of nitrogens with one attached hydrogen (secondary N) is 1. The van der Waals surface area contributed by atoms with Crippen LogP contribution in [0.2, 0.25) is 0 Å². The van der Waals surface area contributed by atoms with Crippen molar-refractivity contribution < 1.29 is 0 Å². The maximum Gasteiger partial charge on any atom is 0.147 e. The summed E-state index contributed by atoms with van der Waals surface area (Å²) in [5, 5.41) is 3.38. The Morgan fingerprint density at radius 1 is 1.35 bits per heavy atom. The minimum absolute atomic E-state index is 0.0972. The van der Waals surface area contributed by atoms with E-state index in [0.717, 1.165) is 24.6 Å². The van der Waals surface area contributed by atoms with E-state index in [9.17, 15) is 0 Å². The Labute approximate surface area is 104 Å². The van der Waals surface area contributed by atoms with Crippen LogP contribution in [-0.2, 0) is 6.54 Å². The highest BCUT2D eigenvalue weighted by Gasteiger charge is 2.09. The van der Waals surface area contributed by atoms with Crippen LogP contribution in [0.15, 0.2) is 25.0 Å². The lowest BCUT2D eigenvalue weighted by Gasteiger charge is -2.20. The first-order chi connectivity index (χ1) is 7.92. The van der Waals surface area contributed by atoms with Gasteiger partial charge in [0, 0.05) is 25.7 Å². The third kappa shape index (κ3) is 4.95. The maximum atomic E-state index is 4.38. The Kier molecular flexibility index (Phi) is 4.63. The summed E-state index contributed by atoms with van der Waals surface area (Å²) in [7, 11) is 1.97. The highest BCUT2D eigenvalue weighted by Crippen LogP contribution is 2.07. The van der Waals surface area contributed by atoms with Gasteiger partial charge < -0.3 is 10.2 Å². The quantitative estimate of drug-likeness (QED) is 0.791. The molecule has 1 rings (SSSR count). The molecule has 0 unspecified atom stereocenters. The molecule has 1 heterocycles. The molecule has 0 saturated heterocycles. The van der Waals surface area contributed by atoms with Gasteiger partial charge in [-0.3, -0.25) is 4.98 Å². The highest BCUT2D eigenvalue weighted by atomic mass is 15.2.